The molecule has 0 N–H and O–H groups in total. The maximum atomic E-state index is 9.56. The summed E-state index contributed by atoms with van der Waals surface area (Å²) in [6, 6.07) is 8.08. The van der Waals surface area contributed by atoms with Crippen LogP contribution >= 0.6 is 0 Å². The molecule has 9 rings (SSSR count). The molecule has 0 unspecified atom stereocenters. The fraction of sp³-hybridized carbons (Fsp3) is 0. The summed E-state index contributed by atoms with van der Waals surface area (Å²) in [6.45, 7) is 0. The van der Waals surface area contributed by atoms with Gasteiger partial charge in [0, 0.05) is 27.6 Å². The van der Waals surface area contributed by atoms with E-state index in [0.29, 0.717) is 11.1 Å². The predicted molar refractivity (Wildman–Crippen MR) is 198 cm³/mol. The molecule has 0 aliphatic carbocycles. The number of furan rings is 1. The lowest BCUT2D eigenvalue weighted by molar-refractivity contribution is 0.633. The van der Waals surface area contributed by atoms with E-state index in [0.717, 1.165) is 5.56 Å². The fourth-order valence-electron chi connectivity index (χ4n) is 6.12. The second-order valence-electron chi connectivity index (χ2n) is 10.7. The minimum atomic E-state index is -0.797. The Bertz CT molecular complexity index is 3440. The van der Waals surface area contributed by atoms with E-state index in [2.05, 4.69) is 0 Å². The summed E-state index contributed by atoms with van der Waals surface area (Å²) < 4.78 is 167. The lowest BCUT2D eigenvalue weighted by Gasteiger charge is -2.18. The first kappa shape index (κ1) is 14.5. The van der Waals surface area contributed by atoms with Crippen molar-refractivity contribution < 1.29 is 29.1 Å². The van der Waals surface area contributed by atoms with Crippen molar-refractivity contribution >= 4 is 32.5 Å². The average molecular weight is 617 g/mol. The molecular weight excluding hydrogens is 569 g/mol. The Labute approximate surface area is 299 Å². The Hall–Kier alpha value is -6.18. The minimum absolute atomic E-state index is 0.00409. The van der Waals surface area contributed by atoms with Crippen LogP contribution in [0.15, 0.2) is 186 Å². The first-order valence-corrected chi connectivity index (χ1v) is 14.6. The van der Waals surface area contributed by atoms with E-state index in [1.165, 1.54) is 12.1 Å². The molecule has 1 heterocycles. The largest absolute Gasteiger partial charge is 0.455 e. The van der Waals surface area contributed by atoms with E-state index in [1.54, 1.807) is 24.3 Å². The van der Waals surface area contributed by atoms with E-state index in [-0.39, 0.29) is 49.8 Å². The van der Waals surface area contributed by atoms with Crippen LogP contribution in [-0.2, 0) is 0 Å². The summed E-state index contributed by atoms with van der Waals surface area (Å²) in [5.74, 6) is -0.00409. The van der Waals surface area contributed by atoms with Gasteiger partial charge >= 0.3 is 0 Å². The molecule has 0 saturated heterocycles. The van der Waals surface area contributed by atoms with Crippen molar-refractivity contribution in [3.8, 4) is 55.8 Å². The van der Waals surface area contributed by atoms with Crippen molar-refractivity contribution in [2.75, 3.05) is 0 Å². The summed E-state index contributed by atoms with van der Waals surface area (Å²) in [7, 11) is 0. The van der Waals surface area contributed by atoms with Gasteiger partial charge in [0.05, 0.1) is 24.7 Å². The van der Waals surface area contributed by atoms with Crippen LogP contribution in [0.1, 0.15) is 24.7 Å². The van der Waals surface area contributed by atoms with E-state index in [9.17, 15) is 5.48 Å². The number of hydrogen-bond donors (Lipinski definition) is 0. The Morgan fingerprint density at radius 2 is 0.894 bits per heavy atom. The van der Waals surface area contributed by atoms with Gasteiger partial charge in [0.25, 0.3) is 0 Å². The maximum absolute atomic E-state index is 9.56. The Balaban J connectivity index is 1.60. The number of benzene rings is 8. The molecule has 1 aromatic heterocycles. The van der Waals surface area contributed by atoms with Crippen molar-refractivity contribution in [2.45, 2.75) is 0 Å². The molecule has 0 radical (unpaired) electrons. The summed E-state index contributed by atoms with van der Waals surface area (Å²) >= 11 is 0. The molecule has 47 heavy (non-hydrogen) atoms. The lowest BCUT2D eigenvalue weighted by Crippen LogP contribution is -1.91. The molecule has 0 fully saturated rings. The van der Waals surface area contributed by atoms with Gasteiger partial charge < -0.3 is 4.42 Å². The van der Waals surface area contributed by atoms with Gasteiger partial charge in [-0.2, -0.15) is 0 Å². The summed E-state index contributed by atoms with van der Waals surface area (Å²) in [4.78, 5) is 0. The highest BCUT2D eigenvalue weighted by molar-refractivity contribution is 6.25. The number of fused-ring (bicyclic) bond motifs is 3. The van der Waals surface area contributed by atoms with Crippen LogP contribution in [0.2, 0.25) is 0 Å². The molecule has 0 spiro atoms. The second kappa shape index (κ2) is 11.3. The molecular formula is C46H30O. The fourth-order valence-corrected chi connectivity index (χ4v) is 6.12. The topological polar surface area (TPSA) is 13.1 Å². The first-order chi connectivity index (χ1) is 30.8. The van der Waals surface area contributed by atoms with Crippen LogP contribution in [0.4, 0.5) is 0 Å². The third-order valence-electron chi connectivity index (χ3n) is 8.09. The standard InChI is InChI=1S/C46H30O/c1-4-16-31(17-5-1)34-22-14-23-35(30-34)45-44(41-29-15-28-36(46(41)47-45)32-18-6-2-7-19-32)43-39-26-12-10-24-37(39)42(33-20-8-3-9-21-33)38-25-11-13-27-40(38)43/h1-30H/i2D,3D,6D,7D,8D,9D,10D,11D,12D,13D,18D,19D,20D,21D,24D,25D,26D,27D. The molecule has 220 valence electrons. The van der Waals surface area contributed by atoms with E-state index < -0.39 is 131 Å². The van der Waals surface area contributed by atoms with Gasteiger partial charge in [-0.15, -0.1) is 0 Å². The van der Waals surface area contributed by atoms with E-state index >= 15 is 0 Å². The highest BCUT2D eigenvalue weighted by atomic mass is 16.3. The molecule has 0 amide bonds. The van der Waals surface area contributed by atoms with E-state index in [1.807, 2.05) is 36.4 Å². The van der Waals surface area contributed by atoms with Crippen molar-refractivity contribution in [2.24, 2.45) is 0 Å². The minimum Gasteiger partial charge on any atom is -0.455 e. The van der Waals surface area contributed by atoms with Gasteiger partial charge in [-0.05, 0) is 55.4 Å². The summed E-state index contributed by atoms with van der Waals surface area (Å²) in [5, 5.41) is -1.37. The maximum Gasteiger partial charge on any atom is 0.143 e. The Kier molecular flexibility index (Phi) is 3.49. The zero-order valence-corrected chi connectivity index (χ0v) is 24.3. The zero-order valence-electron chi connectivity index (χ0n) is 42.3. The highest BCUT2D eigenvalue weighted by Crippen LogP contribution is 2.50. The van der Waals surface area contributed by atoms with Crippen molar-refractivity contribution in [3.63, 3.8) is 0 Å². The van der Waals surface area contributed by atoms with Gasteiger partial charge in [-0.25, -0.2) is 0 Å². The Morgan fingerprint density at radius 1 is 0.362 bits per heavy atom. The zero-order chi connectivity index (χ0) is 46.8. The van der Waals surface area contributed by atoms with Gasteiger partial charge in [-0.3, -0.25) is 0 Å². The van der Waals surface area contributed by atoms with Crippen LogP contribution < -0.4 is 0 Å². The SMILES string of the molecule is [2H]c1c([2H])c([2H])c(-c2cccc3c(-c4c5c([2H])c([2H])c([2H])c([2H])c5c(-c5c([2H])c([2H])c([2H])c([2H])c5[2H])c5c([2H])c([2H])c([2H])c([2H])c45)c(-c4cccc(-c5ccccc5)c4)oc23)c([2H])c1[2H]. The molecule has 1 heteroatoms. The molecule has 9 aromatic rings. The highest BCUT2D eigenvalue weighted by Gasteiger charge is 2.25. The monoisotopic (exact) mass is 616 g/mol. The van der Waals surface area contributed by atoms with Crippen LogP contribution in [0.25, 0.3) is 88.3 Å². The first-order valence-electron chi connectivity index (χ1n) is 23.6. The third-order valence-corrected chi connectivity index (χ3v) is 8.09. The summed E-state index contributed by atoms with van der Waals surface area (Å²) in [5.41, 5.74) is 0.463. The second-order valence-corrected chi connectivity index (χ2v) is 10.7. The van der Waals surface area contributed by atoms with E-state index in [4.69, 9.17) is 23.6 Å². The molecule has 0 aliphatic heterocycles. The molecule has 0 aliphatic rings. The summed E-state index contributed by atoms with van der Waals surface area (Å²) in [6.07, 6.45) is 0. The molecule has 1 nitrogen and oxygen atoms in total. The predicted octanol–water partition coefficient (Wildman–Crippen LogP) is 13.1. The van der Waals surface area contributed by atoms with Crippen LogP contribution in [-0.4, -0.2) is 0 Å². The number of rotatable bonds is 5. The van der Waals surface area contributed by atoms with Gasteiger partial charge in [-0.1, -0.05) is 175 Å². The molecule has 0 bridgehead atoms. The van der Waals surface area contributed by atoms with Gasteiger partial charge in [0.15, 0.2) is 0 Å². The third kappa shape index (κ3) is 4.56. The molecule has 0 atom stereocenters. The van der Waals surface area contributed by atoms with Crippen LogP contribution in [0.3, 0.4) is 0 Å². The van der Waals surface area contributed by atoms with Crippen molar-refractivity contribution in [1.82, 2.24) is 0 Å². The van der Waals surface area contributed by atoms with Crippen LogP contribution in [0.5, 0.6) is 0 Å². The van der Waals surface area contributed by atoms with Crippen LogP contribution in [0, 0.1) is 0 Å². The van der Waals surface area contributed by atoms with Gasteiger partial charge in [0.2, 0.25) is 0 Å². The number of para-hydroxylation sites is 1. The van der Waals surface area contributed by atoms with Gasteiger partial charge in [0.1, 0.15) is 11.3 Å². The lowest BCUT2D eigenvalue weighted by atomic mass is 9.84. The normalized spacial score (nSPS) is 16.8. The van der Waals surface area contributed by atoms with Crippen molar-refractivity contribution in [3.05, 3.63) is 182 Å². The Morgan fingerprint density at radius 3 is 1.55 bits per heavy atom. The number of hydrogen-bond acceptors (Lipinski definition) is 1. The smallest absolute Gasteiger partial charge is 0.143 e. The molecule has 0 saturated carbocycles. The molecule has 8 aromatic carbocycles. The quantitative estimate of drug-likeness (QED) is 0.175. The average Bonchev–Trinajstić information content (AvgIpc) is 3.71. The van der Waals surface area contributed by atoms with Crippen molar-refractivity contribution in [1.29, 1.82) is 0 Å².